The molecule has 0 radical (unpaired) electrons. The quantitative estimate of drug-likeness (QED) is 0.626. The van der Waals surface area contributed by atoms with Gasteiger partial charge in [0.1, 0.15) is 6.04 Å². The standard InChI is InChI=1S/C21H25N3O4S2/c1-6-23-17-10-9-16(12-19(17)29-21(23)26)22-20(25)15(4)24(30(5,27)28)18-11-13(2)7-8-14(18)3/h7-12,15H,6H2,1-5H3,(H,22,25)/t15-/m1/s1. The van der Waals surface area contributed by atoms with Crippen LogP contribution in [0.1, 0.15) is 25.0 Å². The summed E-state index contributed by atoms with van der Waals surface area (Å²) < 4.78 is 28.7. The number of thiazole rings is 1. The number of rotatable bonds is 6. The summed E-state index contributed by atoms with van der Waals surface area (Å²) in [6.45, 7) is 7.71. The normalized spacial score (nSPS) is 12.7. The average Bonchev–Trinajstić information content (AvgIpc) is 2.97. The molecule has 0 aliphatic rings. The summed E-state index contributed by atoms with van der Waals surface area (Å²) in [5, 5.41) is 2.79. The highest BCUT2D eigenvalue weighted by Crippen LogP contribution is 2.27. The molecule has 1 aromatic heterocycles. The minimum atomic E-state index is -3.70. The second-order valence-electron chi connectivity index (χ2n) is 7.31. The third-order valence-electron chi connectivity index (χ3n) is 4.94. The van der Waals surface area contributed by atoms with Crippen LogP contribution in [0.15, 0.2) is 41.2 Å². The Labute approximate surface area is 180 Å². The summed E-state index contributed by atoms with van der Waals surface area (Å²) in [5.41, 5.74) is 3.47. The summed E-state index contributed by atoms with van der Waals surface area (Å²) in [6, 6.07) is 9.77. The summed E-state index contributed by atoms with van der Waals surface area (Å²) in [5.74, 6) is -0.456. The van der Waals surface area contributed by atoms with Crippen LogP contribution in [0.3, 0.4) is 0 Å². The molecule has 30 heavy (non-hydrogen) atoms. The Balaban J connectivity index is 1.93. The molecule has 7 nitrogen and oxygen atoms in total. The first-order valence-electron chi connectivity index (χ1n) is 9.54. The molecule has 1 heterocycles. The molecular formula is C21H25N3O4S2. The van der Waals surface area contributed by atoms with Crippen molar-refractivity contribution in [3.05, 3.63) is 57.2 Å². The first kappa shape index (κ1) is 22.0. The molecular weight excluding hydrogens is 422 g/mol. The maximum atomic E-state index is 13.0. The first-order valence-corrected chi connectivity index (χ1v) is 12.2. The predicted molar refractivity (Wildman–Crippen MR) is 123 cm³/mol. The number of anilines is 2. The molecule has 0 unspecified atom stereocenters. The van der Waals surface area contributed by atoms with Crippen LogP contribution in [-0.4, -0.2) is 31.2 Å². The molecule has 0 aliphatic heterocycles. The zero-order valence-electron chi connectivity index (χ0n) is 17.6. The minimum Gasteiger partial charge on any atom is -0.324 e. The molecule has 9 heteroatoms. The molecule has 1 atom stereocenters. The molecule has 160 valence electrons. The van der Waals surface area contributed by atoms with Gasteiger partial charge in [-0.05, 0) is 63.1 Å². The van der Waals surface area contributed by atoms with E-state index in [1.165, 1.54) is 0 Å². The van der Waals surface area contributed by atoms with Crippen molar-refractivity contribution in [2.75, 3.05) is 15.9 Å². The lowest BCUT2D eigenvalue weighted by atomic mass is 10.1. The van der Waals surface area contributed by atoms with Crippen LogP contribution in [0.5, 0.6) is 0 Å². The van der Waals surface area contributed by atoms with E-state index in [1.54, 1.807) is 35.8 Å². The molecule has 0 aliphatic carbocycles. The van der Waals surface area contributed by atoms with Gasteiger partial charge in [-0.25, -0.2) is 8.42 Å². The Kier molecular flexibility index (Phi) is 6.05. The second kappa shape index (κ2) is 8.23. The van der Waals surface area contributed by atoms with Crippen LogP contribution in [0.2, 0.25) is 0 Å². The number of carbonyl (C=O) groups is 1. The van der Waals surface area contributed by atoms with Gasteiger partial charge in [0.2, 0.25) is 15.9 Å². The van der Waals surface area contributed by atoms with Gasteiger partial charge in [-0.2, -0.15) is 0 Å². The van der Waals surface area contributed by atoms with Crippen LogP contribution in [-0.2, 0) is 21.4 Å². The van der Waals surface area contributed by atoms with Gasteiger partial charge in [0.05, 0.1) is 22.2 Å². The second-order valence-corrected chi connectivity index (χ2v) is 10.2. The Morgan fingerprint density at radius 3 is 2.53 bits per heavy atom. The minimum absolute atomic E-state index is 0.0532. The number of nitrogens with one attached hydrogen (secondary N) is 1. The molecule has 0 saturated carbocycles. The lowest BCUT2D eigenvalue weighted by Crippen LogP contribution is -2.45. The Hall–Kier alpha value is -2.65. The third kappa shape index (κ3) is 4.27. The van der Waals surface area contributed by atoms with E-state index in [9.17, 15) is 18.0 Å². The lowest BCUT2D eigenvalue weighted by molar-refractivity contribution is -0.116. The van der Waals surface area contributed by atoms with Gasteiger partial charge in [-0.3, -0.25) is 18.5 Å². The van der Waals surface area contributed by atoms with Crippen molar-refractivity contribution in [1.82, 2.24) is 4.57 Å². The van der Waals surface area contributed by atoms with E-state index in [-0.39, 0.29) is 4.87 Å². The molecule has 0 fully saturated rings. The van der Waals surface area contributed by atoms with Crippen LogP contribution in [0, 0.1) is 13.8 Å². The van der Waals surface area contributed by atoms with Crippen molar-refractivity contribution in [2.24, 2.45) is 0 Å². The fraction of sp³-hybridized carbons (Fsp3) is 0.333. The summed E-state index contributed by atoms with van der Waals surface area (Å²) >= 11 is 1.11. The van der Waals surface area contributed by atoms with Crippen LogP contribution in [0.25, 0.3) is 10.2 Å². The van der Waals surface area contributed by atoms with Crippen molar-refractivity contribution in [2.45, 2.75) is 40.3 Å². The van der Waals surface area contributed by atoms with E-state index in [4.69, 9.17) is 0 Å². The maximum Gasteiger partial charge on any atom is 0.308 e. The van der Waals surface area contributed by atoms with Gasteiger partial charge in [0, 0.05) is 12.2 Å². The fourth-order valence-corrected chi connectivity index (χ4v) is 5.65. The Morgan fingerprint density at radius 1 is 1.20 bits per heavy atom. The van der Waals surface area contributed by atoms with Gasteiger partial charge in [-0.15, -0.1) is 0 Å². The highest BCUT2D eigenvalue weighted by molar-refractivity contribution is 7.92. The van der Waals surface area contributed by atoms with E-state index >= 15 is 0 Å². The molecule has 3 rings (SSSR count). The van der Waals surface area contributed by atoms with Crippen LogP contribution in [0.4, 0.5) is 11.4 Å². The summed E-state index contributed by atoms with van der Waals surface area (Å²) in [4.78, 5) is 24.9. The highest BCUT2D eigenvalue weighted by atomic mass is 32.2. The molecule has 0 saturated heterocycles. The smallest absolute Gasteiger partial charge is 0.308 e. The van der Waals surface area contributed by atoms with E-state index in [0.29, 0.717) is 17.9 Å². The van der Waals surface area contributed by atoms with E-state index in [2.05, 4.69) is 5.32 Å². The molecule has 1 amide bonds. The number of amides is 1. The Bertz CT molecular complexity index is 1280. The van der Waals surface area contributed by atoms with E-state index in [1.807, 2.05) is 32.9 Å². The van der Waals surface area contributed by atoms with Crippen molar-refractivity contribution >= 4 is 48.9 Å². The molecule has 3 aromatic rings. The van der Waals surface area contributed by atoms with Gasteiger partial charge >= 0.3 is 4.87 Å². The van der Waals surface area contributed by atoms with Crippen molar-refractivity contribution in [1.29, 1.82) is 0 Å². The predicted octanol–water partition coefficient (Wildman–Crippen LogP) is 3.49. The number of hydrogen-bond donors (Lipinski definition) is 1. The van der Waals surface area contributed by atoms with E-state index in [0.717, 1.165) is 43.2 Å². The number of nitrogens with zero attached hydrogens (tertiary/aromatic N) is 2. The number of fused-ring (bicyclic) bond motifs is 1. The van der Waals surface area contributed by atoms with Crippen molar-refractivity contribution < 1.29 is 13.2 Å². The molecule has 2 aromatic carbocycles. The third-order valence-corrected chi connectivity index (χ3v) is 7.11. The summed E-state index contributed by atoms with van der Waals surface area (Å²) in [6.07, 6.45) is 1.09. The number of carbonyl (C=O) groups excluding carboxylic acids is 1. The number of benzene rings is 2. The van der Waals surface area contributed by atoms with Gasteiger partial charge < -0.3 is 5.32 Å². The topological polar surface area (TPSA) is 88.5 Å². The van der Waals surface area contributed by atoms with Crippen LogP contribution >= 0.6 is 11.3 Å². The SMILES string of the molecule is CCn1c(=O)sc2cc(NC(=O)[C@@H](C)N(c3cc(C)ccc3C)S(C)(=O)=O)ccc21. The van der Waals surface area contributed by atoms with Gasteiger partial charge in [-0.1, -0.05) is 23.5 Å². The maximum absolute atomic E-state index is 13.0. The highest BCUT2D eigenvalue weighted by Gasteiger charge is 2.30. The number of hydrogen-bond acceptors (Lipinski definition) is 5. The number of aryl methyl sites for hydroxylation is 3. The summed E-state index contributed by atoms with van der Waals surface area (Å²) in [7, 11) is -3.70. The Morgan fingerprint density at radius 2 is 1.90 bits per heavy atom. The number of sulfonamides is 1. The van der Waals surface area contributed by atoms with Crippen LogP contribution < -0.4 is 14.5 Å². The molecule has 1 N–H and O–H groups in total. The van der Waals surface area contributed by atoms with Gasteiger partial charge in [0.25, 0.3) is 0 Å². The average molecular weight is 448 g/mol. The largest absolute Gasteiger partial charge is 0.324 e. The van der Waals surface area contributed by atoms with E-state index < -0.39 is 22.0 Å². The fourth-order valence-electron chi connectivity index (χ4n) is 3.43. The van der Waals surface area contributed by atoms with Crippen molar-refractivity contribution in [3.63, 3.8) is 0 Å². The lowest BCUT2D eigenvalue weighted by Gasteiger charge is -2.29. The molecule has 0 bridgehead atoms. The monoisotopic (exact) mass is 447 g/mol. The van der Waals surface area contributed by atoms with Crippen molar-refractivity contribution in [3.8, 4) is 0 Å². The number of aromatic nitrogens is 1. The molecule has 0 spiro atoms. The first-order chi connectivity index (χ1) is 14.0. The van der Waals surface area contributed by atoms with Gasteiger partial charge in [0.15, 0.2) is 0 Å². The zero-order chi connectivity index (χ0) is 22.2. The zero-order valence-corrected chi connectivity index (χ0v) is 19.2.